The number of amides is 1. The summed E-state index contributed by atoms with van der Waals surface area (Å²) in [4.78, 5) is 14.5. The first-order valence-corrected chi connectivity index (χ1v) is 7.69. The first kappa shape index (κ1) is 14.5. The lowest BCUT2D eigenvalue weighted by molar-refractivity contribution is 0.0947. The highest BCUT2D eigenvalue weighted by Gasteiger charge is 2.27. The highest BCUT2D eigenvalue weighted by atomic mass is 79.9. The average Bonchev–Trinajstić information content (AvgIpc) is 3.21. The van der Waals surface area contributed by atoms with Crippen LogP contribution in [0.3, 0.4) is 0 Å². The number of aryl methyl sites for hydroxylation is 1. The number of carbonyl (C=O) groups excluding carboxylic acids is 1. The predicted molar refractivity (Wildman–Crippen MR) is 81.5 cm³/mol. The number of rotatable bonds is 6. The third-order valence-electron chi connectivity index (χ3n) is 3.52. The molecular formula is C15H21BrN2O. The Bertz CT molecular complexity index is 457. The molecule has 19 heavy (non-hydrogen) atoms. The summed E-state index contributed by atoms with van der Waals surface area (Å²) >= 11 is 3.43. The maximum absolute atomic E-state index is 12.1. The fourth-order valence-electron chi connectivity index (χ4n) is 2.26. The first-order valence-electron chi connectivity index (χ1n) is 6.90. The van der Waals surface area contributed by atoms with Crippen LogP contribution in [0.15, 0.2) is 22.7 Å². The Kier molecular flexibility index (Phi) is 4.99. The summed E-state index contributed by atoms with van der Waals surface area (Å²) < 4.78 is 0.852. The van der Waals surface area contributed by atoms with E-state index in [0.29, 0.717) is 6.54 Å². The van der Waals surface area contributed by atoms with Crippen molar-refractivity contribution >= 4 is 21.8 Å². The van der Waals surface area contributed by atoms with Crippen LogP contribution in [0.5, 0.6) is 0 Å². The lowest BCUT2D eigenvalue weighted by Gasteiger charge is -2.19. The van der Waals surface area contributed by atoms with Crippen molar-refractivity contribution < 1.29 is 4.79 Å². The second-order valence-electron chi connectivity index (χ2n) is 5.10. The Morgan fingerprint density at radius 1 is 1.47 bits per heavy atom. The molecule has 1 aliphatic rings. The Labute approximate surface area is 123 Å². The van der Waals surface area contributed by atoms with Gasteiger partial charge in [-0.15, -0.1) is 0 Å². The van der Waals surface area contributed by atoms with Crippen LogP contribution in [0.25, 0.3) is 0 Å². The minimum absolute atomic E-state index is 0.00225. The van der Waals surface area contributed by atoms with E-state index < -0.39 is 0 Å². The smallest absolute Gasteiger partial charge is 0.252 e. The molecule has 1 fully saturated rings. The zero-order chi connectivity index (χ0) is 13.8. The van der Waals surface area contributed by atoms with Crippen LogP contribution in [0, 0.1) is 6.92 Å². The van der Waals surface area contributed by atoms with Gasteiger partial charge in [0.2, 0.25) is 0 Å². The van der Waals surface area contributed by atoms with Crippen LogP contribution in [0.4, 0.5) is 0 Å². The van der Waals surface area contributed by atoms with Gasteiger partial charge in [-0.05, 0) is 54.4 Å². The lowest BCUT2D eigenvalue weighted by atomic mass is 10.1. The molecule has 0 aromatic heterocycles. The fraction of sp³-hybridized carbons (Fsp3) is 0.533. The van der Waals surface area contributed by atoms with Crippen molar-refractivity contribution in [3.05, 3.63) is 33.8 Å². The summed E-state index contributed by atoms with van der Waals surface area (Å²) in [5.41, 5.74) is 1.82. The molecule has 3 nitrogen and oxygen atoms in total. The number of nitrogens with zero attached hydrogens (tertiary/aromatic N) is 1. The monoisotopic (exact) mass is 324 g/mol. The van der Waals surface area contributed by atoms with Gasteiger partial charge in [-0.25, -0.2) is 0 Å². The first-order chi connectivity index (χ1) is 9.11. The van der Waals surface area contributed by atoms with Gasteiger partial charge in [0.05, 0.1) is 5.56 Å². The van der Waals surface area contributed by atoms with Crippen molar-refractivity contribution in [1.82, 2.24) is 10.2 Å². The number of hydrogen-bond acceptors (Lipinski definition) is 2. The van der Waals surface area contributed by atoms with Crippen LogP contribution in [-0.4, -0.2) is 36.5 Å². The van der Waals surface area contributed by atoms with Gasteiger partial charge in [-0.3, -0.25) is 9.69 Å². The van der Waals surface area contributed by atoms with E-state index in [9.17, 15) is 4.79 Å². The molecule has 0 heterocycles. The molecule has 0 saturated heterocycles. The van der Waals surface area contributed by atoms with E-state index in [4.69, 9.17) is 0 Å². The molecule has 1 aromatic carbocycles. The number of hydrogen-bond donors (Lipinski definition) is 1. The molecule has 104 valence electrons. The molecular weight excluding hydrogens is 304 g/mol. The van der Waals surface area contributed by atoms with E-state index in [1.54, 1.807) is 0 Å². The highest BCUT2D eigenvalue weighted by molar-refractivity contribution is 9.10. The van der Waals surface area contributed by atoms with Gasteiger partial charge < -0.3 is 5.32 Å². The maximum atomic E-state index is 12.1. The second-order valence-corrected chi connectivity index (χ2v) is 5.95. The summed E-state index contributed by atoms with van der Waals surface area (Å²) in [6.45, 7) is 6.89. The van der Waals surface area contributed by atoms with Crippen LogP contribution < -0.4 is 5.32 Å². The number of halogens is 1. The fourth-order valence-corrected chi connectivity index (χ4v) is 2.69. The van der Waals surface area contributed by atoms with E-state index in [0.717, 1.165) is 34.7 Å². The summed E-state index contributed by atoms with van der Waals surface area (Å²) in [7, 11) is 0. The minimum Gasteiger partial charge on any atom is -0.351 e. The van der Waals surface area contributed by atoms with Gasteiger partial charge >= 0.3 is 0 Å². The maximum Gasteiger partial charge on any atom is 0.252 e. The molecule has 1 aromatic rings. The summed E-state index contributed by atoms with van der Waals surface area (Å²) in [6, 6.07) is 6.59. The molecule has 0 aliphatic heterocycles. The predicted octanol–water partition coefficient (Wildman–Crippen LogP) is 2.97. The normalized spacial score (nSPS) is 14.7. The van der Waals surface area contributed by atoms with E-state index in [2.05, 4.69) is 33.1 Å². The lowest BCUT2D eigenvalue weighted by Crippen LogP contribution is -2.36. The number of nitrogens with one attached hydrogen (secondary N) is 1. The largest absolute Gasteiger partial charge is 0.351 e. The van der Waals surface area contributed by atoms with Gasteiger partial charge in [-0.1, -0.05) is 18.6 Å². The molecule has 4 heteroatoms. The van der Waals surface area contributed by atoms with Gasteiger partial charge in [0.1, 0.15) is 0 Å². The molecule has 1 N–H and O–H groups in total. The van der Waals surface area contributed by atoms with Gasteiger partial charge in [0, 0.05) is 23.6 Å². The Hall–Kier alpha value is -0.870. The molecule has 0 radical (unpaired) electrons. The third-order valence-corrected chi connectivity index (χ3v) is 4.21. The molecule has 0 unspecified atom stereocenters. The molecule has 0 atom stereocenters. The van der Waals surface area contributed by atoms with Crippen molar-refractivity contribution in [2.24, 2.45) is 0 Å². The standard InChI is InChI=1S/C15H21BrN2O/c1-3-18(12-5-6-12)9-8-17-15(19)13-10-11(2)4-7-14(13)16/h4,7,10,12H,3,5-6,8-9H2,1-2H3,(H,17,19). The van der Waals surface area contributed by atoms with E-state index >= 15 is 0 Å². The van der Waals surface area contributed by atoms with Crippen LogP contribution in [0.2, 0.25) is 0 Å². The number of likely N-dealkylation sites (N-methyl/N-ethyl adjacent to an activating group) is 1. The van der Waals surface area contributed by atoms with Crippen LogP contribution >= 0.6 is 15.9 Å². The van der Waals surface area contributed by atoms with E-state index in [1.165, 1.54) is 12.8 Å². The third kappa shape index (κ3) is 4.05. The van der Waals surface area contributed by atoms with Gasteiger partial charge in [-0.2, -0.15) is 0 Å². The van der Waals surface area contributed by atoms with Gasteiger partial charge in [0.15, 0.2) is 0 Å². The van der Waals surface area contributed by atoms with E-state index in [1.807, 2.05) is 25.1 Å². The van der Waals surface area contributed by atoms with Crippen molar-refractivity contribution in [2.45, 2.75) is 32.7 Å². The van der Waals surface area contributed by atoms with Crippen molar-refractivity contribution in [1.29, 1.82) is 0 Å². The van der Waals surface area contributed by atoms with Crippen LogP contribution in [-0.2, 0) is 0 Å². The zero-order valence-electron chi connectivity index (χ0n) is 11.6. The van der Waals surface area contributed by atoms with Gasteiger partial charge in [0.25, 0.3) is 5.91 Å². The SMILES string of the molecule is CCN(CCNC(=O)c1cc(C)ccc1Br)C1CC1. The highest BCUT2D eigenvalue weighted by Crippen LogP contribution is 2.25. The molecule has 1 amide bonds. The minimum atomic E-state index is 0.00225. The molecule has 2 rings (SSSR count). The van der Waals surface area contributed by atoms with Crippen molar-refractivity contribution in [3.63, 3.8) is 0 Å². The molecule has 0 bridgehead atoms. The topological polar surface area (TPSA) is 32.3 Å². The summed E-state index contributed by atoms with van der Waals surface area (Å²) in [5.74, 6) is 0.00225. The Balaban J connectivity index is 1.85. The molecule has 1 aliphatic carbocycles. The quantitative estimate of drug-likeness (QED) is 0.872. The van der Waals surface area contributed by atoms with Crippen molar-refractivity contribution in [3.8, 4) is 0 Å². The van der Waals surface area contributed by atoms with Crippen LogP contribution in [0.1, 0.15) is 35.7 Å². The van der Waals surface area contributed by atoms with Crippen molar-refractivity contribution in [2.75, 3.05) is 19.6 Å². The molecule has 1 saturated carbocycles. The number of carbonyl (C=O) groups is 1. The Morgan fingerprint density at radius 2 is 2.21 bits per heavy atom. The zero-order valence-corrected chi connectivity index (χ0v) is 13.2. The Morgan fingerprint density at radius 3 is 2.84 bits per heavy atom. The number of benzene rings is 1. The summed E-state index contributed by atoms with van der Waals surface area (Å²) in [6.07, 6.45) is 2.62. The average molecular weight is 325 g/mol. The van der Waals surface area contributed by atoms with E-state index in [-0.39, 0.29) is 5.91 Å². The summed E-state index contributed by atoms with van der Waals surface area (Å²) in [5, 5.41) is 3.00. The second kappa shape index (κ2) is 6.53. The molecule has 0 spiro atoms.